The van der Waals surface area contributed by atoms with Crippen LogP contribution >= 0.6 is 11.3 Å². The fraction of sp³-hybridized carbons (Fsp3) is 0.562. The lowest BCUT2D eigenvalue weighted by Gasteiger charge is -2.36. The van der Waals surface area contributed by atoms with Crippen LogP contribution in [0.5, 0.6) is 0 Å². The van der Waals surface area contributed by atoms with Crippen LogP contribution in [0.2, 0.25) is 0 Å². The van der Waals surface area contributed by atoms with Gasteiger partial charge in [0, 0.05) is 43.8 Å². The van der Waals surface area contributed by atoms with Gasteiger partial charge in [0.15, 0.2) is 0 Å². The van der Waals surface area contributed by atoms with Crippen molar-refractivity contribution in [3.8, 4) is 0 Å². The van der Waals surface area contributed by atoms with Crippen molar-refractivity contribution in [1.82, 2.24) is 24.6 Å². The molecule has 2 atom stereocenters. The van der Waals surface area contributed by atoms with Crippen molar-refractivity contribution in [1.29, 1.82) is 0 Å². The van der Waals surface area contributed by atoms with Crippen LogP contribution in [0.4, 0.5) is 0 Å². The maximum Gasteiger partial charge on any atom is 0.249 e. The number of carbonyl (C=O) groups is 1. The smallest absolute Gasteiger partial charge is 0.249 e. The number of nitrogens with zero attached hydrogens (tertiary/aromatic N) is 5. The summed E-state index contributed by atoms with van der Waals surface area (Å²) < 4.78 is 7.60. The Morgan fingerprint density at radius 3 is 2.96 bits per heavy atom. The fourth-order valence-corrected chi connectivity index (χ4v) is 4.15. The highest BCUT2D eigenvalue weighted by molar-refractivity contribution is 7.09. The molecule has 0 N–H and O–H groups in total. The van der Waals surface area contributed by atoms with Gasteiger partial charge in [-0.25, -0.2) is 4.98 Å². The van der Waals surface area contributed by atoms with Gasteiger partial charge >= 0.3 is 0 Å². The lowest BCUT2D eigenvalue weighted by atomic mass is 10.1. The first-order chi connectivity index (χ1) is 11.6. The second-order valence-corrected chi connectivity index (χ2v) is 7.57. The molecule has 2 aromatic rings. The van der Waals surface area contributed by atoms with E-state index in [9.17, 15) is 4.79 Å². The average molecular weight is 347 g/mol. The predicted molar refractivity (Wildman–Crippen MR) is 89.4 cm³/mol. The molecule has 2 aromatic heterocycles. The van der Waals surface area contributed by atoms with E-state index in [2.05, 4.69) is 15.0 Å². The molecule has 4 heterocycles. The number of rotatable bonds is 4. The average Bonchev–Trinajstić information content (AvgIpc) is 3.23. The van der Waals surface area contributed by atoms with E-state index in [1.165, 1.54) is 5.56 Å². The van der Waals surface area contributed by atoms with Crippen molar-refractivity contribution < 1.29 is 9.53 Å². The lowest BCUT2D eigenvalue weighted by molar-refractivity contribution is -0.154. The van der Waals surface area contributed by atoms with E-state index >= 15 is 0 Å². The van der Waals surface area contributed by atoms with Crippen LogP contribution in [0.1, 0.15) is 16.3 Å². The van der Waals surface area contributed by atoms with Gasteiger partial charge in [0.05, 0.1) is 35.6 Å². The molecule has 8 heteroatoms. The molecule has 1 amide bonds. The predicted octanol–water partition coefficient (Wildman–Crippen LogP) is 0.797. The van der Waals surface area contributed by atoms with E-state index in [1.807, 2.05) is 41.3 Å². The minimum atomic E-state index is 0.0603. The minimum absolute atomic E-state index is 0.0603. The molecular formula is C16H21N5O2S. The topological polar surface area (TPSA) is 63.5 Å². The highest BCUT2D eigenvalue weighted by Gasteiger charge is 2.43. The molecule has 2 aliphatic heterocycles. The van der Waals surface area contributed by atoms with E-state index in [4.69, 9.17) is 4.74 Å². The van der Waals surface area contributed by atoms with Gasteiger partial charge in [0.1, 0.15) is 6.61 Å². The summed E-state index contributed by atoms with van der Waals surface area (Å²) in [6.45, 7) is 5.25. The molecule has 24 heavy (non-hydrogen) atoms. The van der Waals surface area contributed by atoms with E-state index in [0.29, 0.717) is 6.54 Å². The standard InChI is InChI=1S/C16H21N5O2S/c1-11-18-13(10-24-11)6-21-14-7-20(5-12-3-17-19(2)4-12)8-15(14)23-9-16(21)22/h3-4,10,14-15H,5-9H2,1-2H3/t14-,15-/m1/s1. The maximum absolute atomic E-state index is 12.4. The molecule has 0 radical (unpaired) electrons. The molecule has 0 spiro atoms. The summed E-state index contributed by atoms with van der Waals surface area (Å²) in [4.78, 5) is 21.2. The Balaban J connectivity index is 1.46. The van der Waals surface area contributed by atoms with Gasteiger partial charge < -0.3 is 9.64 Å². The van der Waals surface area contributed by atoms with Crippen molar-refractivity contribution in [2.75, 3.05) is 19.7 Å². The van der Waals surface area contributed by atoms with Gasteiger partial charge in [-0.3, -0.25) is 14.4 Å². The van der Waals surface area contributed by atoms with Crippen LogP contribution < -0.4 is 0 Å². The third kappa shape index (κ3) is 3.09. The first-order valence-electron chi connectivity index (χ1n) is 8.10. The Morgan fingerprint density at radius 2 is 2.25 bits per heavy atom. The number of thiazole rings is 1. The summed E-state index contributed by atoms with van der Waals surface area (Å²) in [5, 5.41) is 7.29. The molecule has 0 saturated carbocycles. The molecule has 7 nitrogen and oxygen atoms in total. The molecule has 0 unspecified atom stereocenters. The molecule has 2 saturated heterocycles. The largest absolute Gasteiger partial charge is 0.365 e. The summed E-state index contributed by atoms with van der Waals surface area (Å²) >= 11 is 1.62. The van der Waals surface area contributed by atoms with E-state index < -0.39 is 0 Å². The number of carbonyl (C=O) groups excluding carboxylic acids is 1. The zero-order valence-electron chi connectivity index (χ0n) is 13.9. The first-order valence-corrected chi connectivity index (χ1v) is 8.98. The van der Waals surface area contributed by atoms with Crippen molar-refractivity contribution in [3.63, 3.8) is 0 Å². The fourth-order valence-electron chi connectivity index (χ4n) is 3.54. The monoisotopic (exact) mass is 347 g/mol. The normalized spacial score (nSPS) is 24.6. The number of ether oxygens (including phenoxy) is 1. The van der Waals surface area contributed by atoms with E-state index in [-0.39, 0.29) is 24.7 Å². The Kier molecular flexibility index (Phi) is 4.11. The van der Waals surface area contributed by atoms with Crippen LogP contribution in [0.3, 0.4) is 0 Å². The van der Waals surface area contributed by atoms with Crippen molar-refractivity contribution >= 4 is 17.2 Å². The second-order valence-electron chi connectivity index (χ2n) is 6.51. The number of likely N-dealkylation sites (tertiary alicyclic amines) is 1. The van der Waals surface area contributed by atoms with Gasteiger partial charge in [0.25, 0.3) is 0 Å². The number of hydrogen-bond donors (Lipinski definition) is 0. The van der Waals surface area contributed by atoms with Gasteiger partial charge in [-0.1, -0.05) is 0 Å². The highest BCUT2D eigenvalue weighted by atomic mass is 32.1. The highest BCUT2D eigenvalue weighted by Crippen LogP contribution is 2.26. The second kappa shape index (κ2) is 6.27. The van der Waals surface area contributed by atoms with Gasteiger partial charge in [-0.05, 0) is 6.92 Å². The van der Waals surface area contributed by atoms with Crippen LogP contribution in [0.15, 0.2) is 17.8 Å². The minimum Gasteiger partial charge on any atom is -0.365 e. The summed E-state index contributed by atoms with van der Waals surface area (Å²) in [7, 11) is 1.92. The summed E-state index contributed by atoms with van der Waals surface area (Å²) in [6, 6.07) is 0.102. The van der Waals surface area contributed by atoms with Gasteiger partial charge in [-0.2, -0.15) is 5.10 Å². The molecule has 0 bridgehead atoms. The molecule has 0 aromatic carbocycles. The first kappa shape index (κ1) is 15.7. The SMILES string of the molecule is Cc1nc(CN2C(=O)CO[C@@H]3CN(Cc4cnn(C)c4)C[C@H]32)cs1. The summed E-state index contributed by atoms with van der Waals surface area (Å²) in [5.74, 6) is 0.0603. The van der Waals surface area contributed by atoms with Crippen molar-refractivity contribution in [2.45, 2.75) is 32.2 Å². The van der Waals surface area contributed by atoms with E-state index in [1.54, 1.807) is 11.3 Å². The number of fused-ring (bicyclic) bond motifs is 1. The maximum atomic E-state index is 12.4. The molecule has 2 fully saturated rings. The number of aryl methyl sites for hydroxylation is 2. The number of morpholine rings is 1. The zero-order valence-corrected chi connectivity index (χ0v) is 14.7. The Bertz CT molecular complexity index is 742. The number of aromatic nitrogens is 3. The molecule has 2 aliphatic rings. The molecular weight excluding hydrogens is 326 g/mol. The molecule has 0 aliphatic carbocycles. The van der Waals surface area contributed by atoms with Crippen molar-refractivity contribution in [2.24, 2.45) is 7.05 Å². The third-order valence-corrected chi connectivity index (χ3v) is 5.44. The quantitative estimate of drug-likeness (QED) is 0.818. The van der Waals surface area contributed by atoms with Crippen molar-refractivity contribution in [3.05, 3.63) is 34.0 Å². The van der Waals surface area contributed by atoms with Crippen LogP contribution in [0, 0.1) is 6.92 Å². The number of hydrogen-bond acceptors (Lipinski definition) is 6. The lowest BCUT2D eigenvalue weighted by Crippen LogP contribution is -2.53. The van der Waals surface area contributed by atoms with Gasteiger partial charge in [0.2, 0.25) is 5.91 Å². The van der Waals surface area contributed by atoms with E-state index in [0.717, 1.165) is 30.3 Å². The summed E-state index contributed by atoms with van der Waals surface area (Å²) in [5.41, 5.74) is 2.15. The Labute approximate surface area is 144 Å². The molecule has 4 rings (SSSR count). The molecule has 128 valence electrons. The Morgan fingerprint density at radius 1 is 1.38 bits per heavy atom. The Hall–Kier alpha value is -1.77. The van der Waals surface area contributed by atoms with Gasteiger partial charge in [-0.15, -0.1) is 11.3 Å². The number of amides is 1. The third-order valence-electron chi connectivity index (χ3n) is 4.62. The van der Waals surface area contributed by atoms with Crippen LogP contribution in [-0.4, -0.2) is 62.3 Å². The summed E-state index contributed by atoms with van der Waals surface area (Å²) in [6.07, 6.45) is 4.01. The zero-order chi connectivity index (χ0) is 16.7. The van der Waals surface area contributed by atoms with Crippen LogP contribution in [-0.2, 0) is 29.7 Å². The van der Waals surface area contributed by atoms with Crippen LogP contribution in [0.25, 0.3) is 0 Å².